The van der Waals surface area contributed by atoms with E-state index in [4.69, 9.17) is 14.9 Å². The highest BCUT2D eigenvalue weighted by Crippen LogP contribution is 2.28. The first-order valence-electron chi connectivity index (χ1n) is 6.17. The molecule has 4 nitrogen and oxygen atoms in total. The number of morpholine rings is 1. The minimum absolute atomic E-state index is 0.127. The summed E-state index contributed by atoms with van der Waals surface area (Å²) in [6.45, 7) is 8.67. The lowest BCUT2D eigenvalue weighted by Gasteiger charge is -2.44. The van der Waals surface area contributed by atoms with E-state index >= 15 is 0 Å². The Labute approximate surface area is 103 Å². The molecule has 1 aliphatic heterocycles. The predicted molar refractivity (Wildman–Crippen MR) is 66.7 cm³/mol. The van der Waals surface area contributed by atoms with Crippen molar-refractivity contribution in [2.24, 2.45) is 5.73 Å². The Morgan fingerprint density at radius 1 is 1.59 bits per heavy atom. The van der Waals surface area contributed by atoms with Gasteiger partial charge in [0.1, 0.15) is 5.76 Å². The van der Waals surface area contributed by atoms with Crippen LogP contribution in [0.25, 0.3) is 0 Å². The van der Waals surface area contributed by atoms with Crippen molar-refractivity contribution in [2.45, 2.75) is 38.5 Å². The molecule has 0 saturated carbocycles. The Hall–Kier alpha value is -0.840. The fraction of sp³-hybridized carbons (Fsp3) is 0.692. The molecule has 1 saturated heterocycles. The summed E-state index contributed by atoms with van der Waals surface area (Å²) in [5, 5.41) is 0. The van der Waals surface area contributed by atoms with Crippen LogP contribution in [0.3, 0.4) is 0 Å². The van der Waals surface area contributed by atoms with E-state index in [1.165, 1.54) is 0 Å². The Morgan fingerprint density at radius 3 is 2.88 bits per heavy atom. The Morgan fingerprint density at radius 2 is 2.35 bits per heavy atom. The maximum atomic E-state index is 5.90. The third-order valence-electron chi connectivity index (χ3n) is 3.13. The lowest BCUT2D eigenvalue weighted by atomic mass is 10.0. The van der Waals surface area contributed by atoms with Crippen molar-refractivity contribution in [3.8, 4) is 0 Å². The van der Waals surface area contributed by atoms with Crippen molar-refractivity contribution >= 4 is 0 Å². The van der Waals surface area contributed by atoms with Crippen LogP contribution in [0.2, 0.25) is 0 Å². The summed E-state index contributed by atoms with van der Waals surface area (Å²) >= 11 is 0. The minimum Gasteiger partial charge on any atom is -0.468 e. The van der Waals surface area contributed by atoms with Gasteiger partial charge in [-0.25, -0.2) is 0 Å². The van der Waals surface area contributed by atoms with Crippen LogP contribution in [0.4, 0.5) is 0 Å². The monoisotopic (exact) mass is 238 g/mol. The second kappa shape index (κ2) is 4.80. The third-order valence-corrected chi connectivity index (χ3v) is 3.13. The van der Waals surface area contributed by atoms with Gasteiger partial charge in [-0.3, -0.25) is 4.90 Å². The van der Waals surface area contributed by atoms with Gasteiger partial charge in [0.15, 0.2) is 0 Å². The van der Waals surface area contributed by atoms with Gasteiger partial charge in [0.2, 0.25) is 0 Å². The van der Waals surface area contributed by atoms with Crippen molar-refractivity contribution in [1.29, 1.82) is 0 Å². The second-order valence-corrected chi connectivity index (χ2v) is 5.38. The Kier molecular flexibility index (Phi) is 3.56. The fourth-order valence-corrected chi connectivity index (χ4v) is 2.67. The molecule has 1 aromatic heterocycles. The van der Waals surface area contributed by atoms with Gasteiger partial charge >= 0.3 is 0 Å². The molecule has 2 heterocycles. The lowest BCUT2D eigenvalue weighted by molar-refractivity contribution is -0.139. The number of nitrogens with zero attached hydrogens (tertiary/aromatic N) is 1. The first-order valence-corrected chi connectivity index (χ1v) is 6.17. The van der Waals surface area contributed by atoms with Gasteiger partial charge in [0.25, 0.3) is 0 Å². The molecule has 2 unspecified atom stereocenters. The van der Waals surface area contributed by atoms with E-state index in [1.54, 1.807) is 6.26 Å². The van der Waals surface area contributed by atoms with Crippen LogP contribution in [0.5, 0.6) is 0 Å². The van der Waals surface area contributed by atoms with E-state index in [-0.39, 0.29) is 17.7 Å². The van der Waals surface area contributed by atoms with Gasteiger partial charge in [-0.2, -0.15) is 0 Å². The smallest absolute Gasteiger partial charge is 0.122 e. The topological polar surface area (TPSA) is 51.6 Å². The van der Waals surface area contributed by atoms with E-state index in [2.05, 4.69) is 25.7 Å². The zero-order valence-electron chi connectivity index (χ0n) is 10.8. The quantitative estimate of drug-likeness (QED) is 0.872. The number of hydrogen-bond acceptors (Lipinski definition) is 4. The normalized spacial score (nSPS) is 26.9. The summed E-state index contributed by atoms with van der Waals surface area (Å²) in [7, 11) is 0. The van der Waals surface area contributed by atoms with Crippen LogP contribution >= 0.6 is 0 Å². The summed E-state index contributed by atoms with van der Waals surface area (Å²) in [5.74, 6) is 0.942. The largest absolute Gasteiger partial charge is 0.468 e. The van der Waals surface area contributed by atoms with E-state index in [0.29, 0.717) is 6.54 Å². The number of furan rings is 1. The molecule has 0 aliphatic carbocycles. The summed E-state index contributed by atoms with van der Waals surface area (Å²) in [5.41, 5.74) is 5.76. The highest BCUT2D eigenvalue weighted by molar-refractivity contribution is 5.06. The second-order valence-electron chi connectivity index (χ2n) is 5.38. The van der Waals surface area contributed by atoms with Crippen LogP contribution in [0.15, 0.2) is 22.8 Å². The predicted octanol–water partition coefficient (Wildman–Crippen LogP) is 1.78. The molecule has 4 heteroatoms. The van der Waals surface area contributed by atoms with E-state index in [1.807, 2.05) is 12.1 Å². The van der Waals surface area contributed by atoms with Crippen molar-refractivity contribution in [2.75, 3.05) is 19.6 Å². The summed E-state index contributed by atoms with van der Waals surface area (Å²) in [4.78, 5) is 2.35. The van der Waals surface area contributed by atoms with Gasteiger partial charge < -0.3 is 14.9 Å². The van der Waals surface area contributed by atoms with Gasteiger partial charge in [-0.05, 0) is 32.9 Å². The zero-order chi connectivity index (χ0) is 12.5. The van der Waals surface area contributed by atoms with Gasteiger partial charge in [0, 0.05) is 19.6 Å². The molecule has 0 radical (unpaired) electrons. The third kappa shape index (κ3) is 2.89. The lowest BCUT2D eigenvalue weighted by Crippen LogP contribution is -2.53. The Bertz CT molecular complexity index is 348. The Balaban J connectivity index is 2.14. The molecule has 2 N–H and O–H groups in total. The minimum atomic E-state index is -0.127. The number of ether oxygens (including phenoxy) is 1. The number of hydrogen-bond donors (Lipinski definition) is 1. The zero-order valence-corrected chi connectivity index (χ0v) is 10.8. The van der Waals surface area contributed by atoms with Gasteiger partial charge in [-0.15, -0.1) is 0 Å². The van der Waals surface area contributed by atoms with Crippen molar-refractivity contribution in [3.05, 3.63) is 24.2 Å². The highest BCUT2D eigenvalue weighted by Gasteiger charge is 2.35. The molecular weight excluding hydrogens is 216 g/mol. The summed E-state index contributed by atoms with van der Waals surface area (Å²) in [6.07, 6.45) is 1.93. The van der Waals surface area contributed by atoms with Crippen LogP contribution in [-0.2, 0) is 4.74 Å². The van der Waals surface area contributed by atoms with Crippen molar-refractivity contribution in [3.63, 3.8) is 0 Å². The molecule has 17 heavy (non-hydrogen) atoms. The van der Waals surface area contributed by atoms with Crippen molar-refractivity contribution in [1.82, 2.24) is 4.90 Å². The SMILES string of the molecule is CC1CN(C(CN)c2ccco2)CC(C)(C)O1. The average Bonchev–Trinajstić information content (AvgIpc) is 2.68. The maximum Gasteiger partial charge on any atom is 0.122 e. The molecule has 1 aromatic rings. The molecule has 0 spiro atoms. The average molecular weight is 238 g/mol. The molecule has 2 rings (SSSR count). The van der Waals surface area contributed by atoms with Gasteiger partial charge in [0.05, 0.1) is 24.0 Å². The molecule has 1 aliphatic rings. The van der Waals surface area contributed by atoms with Gasteiger partial charge in [-0.1, -0.05) is 0 Å². The standard InChI is InChI=1S/C13H22N2O2/c1-10-8-15(9-13(2,3)17-10)11(7-14)12-5-4-6-16-12/h4-6,10-11H,7-9,14H2,1-3H3. The van der Waals surface area contributed by atoms with Crippen LogP contribution in [-0.4, -0.2) is 36.2 Å². The maximum absolute atomic E-state index is 5.90. The van der Waals surface area contributed by atoms with Crippen LogP contribution < -0.4 is 5.73 Å². The molecule has 0 aromatic carbocycles. The summed E-state index contributed by atoms with van der Waals surface area (Å²) in [6, 6.07) is 4.05. The highest BCUT2D eigenvalue weighted by atomic mass is 16.5. The molecule has 96 valence electrons. The number of nitrogens with two attached hydrogens (primary N) is 1. The first kappa shape index (κ1) is 12.6. The van der Waals surface area contributed by atoms with E-state index < -0.39 is 0 Å². The first-order chi connectivity index (χ1) is 8.02. The molecule has 0 bridgehead atoms. The van der Waals surface area contributed by atoms with Crippen molar-refractivity contribution < 1.29 is 9.15 Å². The van der Waals surface area contributed by atoms with E-state index in [0.717, 1.165) is 18.8 Å². The summed E-state index contributed by atoms with van der Waals surface area (Å²) < 4.78 is 11.4. The molecule has 1 fully saturated rings. The fourth-order valence-electron chi connectivity index (χ4n) is 2.67. The molecular formula is C13H22N2O2. The number of rotatable bonds is 3. The molecule has 2 atom stereocenters. The van der Waals surface area contributed by atoms with E-state index in [9.17, 15) is 0 Å². The van der Waals surface area contributed by atoms with Crippen LogP contribution in [0.1, 0.15) is 32.6 Å². The van der Waals surface area contributed by atoms with Crippen LogP contribution in [0, 0.1) is 0 Å². The molecule has 0 amide bonds.